The quantitative estimate of drug-likeness (QED) is 0.0550. The number of fused-ring (bicyclic) bond motifs is 6. The maximum atomic E-state index is 14.5. The number of carbonyl (C=O) groups excluding carboxylic acids is 4. The van der Waals surface area contributed by atoms with E-state index < -0.39 is 81.7 Å². The summed E-state index contributed by atoms with van der Waals surface area (Å²) in [7, 11) is 2.56. The van der Waals surface area contributed by atoms with Crippen LogP contribution in [0.1, 0.15) is 102 Å². The zero-order valence-corrected chi connectivity index (χ0v) is 33.8. The minimum Gasteiger partial charge on any atom is -0.493 e. The van der Waals surface area contributed by atoms with Gasteiger partial charge in [-0.2, -0.15) is 8.78 Å². The summed E-state index contributed by atoms with van der Waals surface area (Å²) < 4.78 is 111. The lowest BCUT2D eigenvalue weighted by molar-refractivity contribution is -0.140. The van der Waals surface area contributed by atoms with Crippen molar-refractivity contribution in [1.82, 2.24) is 0 Å². The smallest absolute Gasteiger partial charge is 0.343 e. The minimum atomic E-state index is -2.46. The van der Waals surface area contributed by atoms with Crippen LogP contribution in [-0.4, -0.2) is 38.1 Å². The third kappa shape index (κ3) is 6.97. The highest BCUT2D eigenvalue weighted by atomic mass is 35.5. The predicted octanol–water partition coefficient (Wildman–Crippen LogP) is 10.5. The Morgan fingerprint density at radius 3 is 1.54 bits per heavy atom. The second kappa shape index (κ2) is 16.3. The molecule has 2 heterocycles. The topological polar surface area (TPSA) is 133 Å². The normalized spacial score (nSPS) is 16.8. The van der Waals surface area contributed by atoms with E-state index in [-0.39, 0.29) is 66.8 Å². The molecule has 8 rings (SSSR count). The van der Waals surface area contributed by atoms with Crippen molar-refractivity contribution in [2.45, 2.75) is 69.8 Å². The van der Waals surface area contributed by atoms with Crippen LogP contribution in [0.3, 0.4) is 0 Å². The van der Waals surface area contributed by atoms with Crippen LogP contribution in [0.4, 0.5) is 22.0 Å². The molecule has 18 heteroatoms. The average molecular weight is 892 g/mol. The summed E-state index contributed by atoms with van der Waals surface area (Å²) in [5.74, 6) is -19.5. The van der Waals surface area contributed by atoms with Crippen molar-refractivity contribution < 1.29 is 74.3 Å². The number of hydrogen-bond acceptors (Lipinski definition) is 11. The molecular weight excluding hydrogens is 858 g/mol. The van der Waals surface area contributed by atoms with E-state index in [1.807, 2.05) is 0 Å². The first-order valence-corrected chi connectivity index (χ1v) is 20.0. The van der Waals surface area contributed by atoms with Gasteiger partial charge in [0.25, 0.3) is 0 Å². The predicted molar refractivity (Wildman–Crippen MR) is 203 cm³/mol. The monoisotopic (exact) mass is 890 g/mol. The maximum absolute atomic E-state index is 14.5. The highest BCUT2D eigenvalue weighted by molar-refractivity contribution is 6.35. The highest BCUT2D eigenvalue weighted by Gasteiger charge is 2.56. The Balaban J connectivity index is 1.29. The second-order valence-corrected chi connectivity index (χ2v) is 15.7. The lowest BCUT2D eigenvalue weighted by Gasteiger charge is -2.38. The van der Waals surface area contributed by atoms with Crippen LogP contribution in [0.15, 0.2) is 30.3 Å². The molecule has 320 valence electrons. The highest BCUT2D eigenvalue weighted by Crippen LogP contribution is 2.64. The van der Waals surface area contributed by atoms with E-state index >= 15 is 0 Å². The van der Waals surface area contributed by atoms with E-state index in [2.05, 4.69) is 4.74 Å². The number of methoxy groups -OCH3 is 2. The largest absolute Gasteiger partial charge is 0.493 e. The molecule has 2 aliphatic heterocycles. The Morgan fingerprint density at radius 1 is 0.623 bits per heavy atom. The number of hydrogen-bond donors (Lipinski definition) is 0. The van der Waals surface area contributed by atoms with Gasteiger partial charge in [-0.1, -0.05) is 67.8 Å². The maximum Gasteiger partial charge on any atom is 0.343 e. The van der Waals surface area contributed by atoms with E-state index in [0.29, 0.717) is 25.7 Å². The van der Waals surface area contributed by atoms with Crippen molar-refractivity contribution in [2.75, 3.05) is 14.2 Å². The molecule has 0 N–H and O–H groups in total. The SMILES string of the molecule is COc1cc2c(c(Cl)c1OC(=O)C1CCCCC1)Oc1c(cc(OC)c(OC(=O)C3CCCCC3)c1Cl)C21OC(=O)c2cc(C(=O)Oc3c(F)c(F)c(F)c(F)c3F)ccc21. The van der Waals surface area contributed by atoms with E-state index in [1.54, 1.807) is 0 Å². The Bertz CT molecular complexity index is 2410. The summed E-state index contributed by atoms with van der Waals surface area (Å²) in [6.45, 7) is 0. The zero-order valence-electron chi connectivity index (χ0n) is 32.2. The van der Waals surface area contributed by atoms with Gasteiger partial charge in [-0.05, 0) is 49.9 Å². The molecule has 4 aliphatic rings. The van der Waals surface area contributed by atoms with Crippen molar-refractivity contribution in [3.63, 3.8) is 0 Å². The second-order valence-electron chi connectivity index (χ2n) is 14.9. The number of carbonyl (C=O) groups is 4. The number of rotatable bonds is 8. The molecule has 2 saturated carbocycles. The molecule has 1 spiro atoms. The Kier molecular flexibility index (Phi) is 11.3. The first kappa shape index (κ1) is 42.1. The van der Waals surface area contributed by atoms with Crippen molar-refractivity contribution in [3.05, 3.63) is 97.3 Å². The van der Waals surface area contributed by atoms with Gasteiger partial charge < -0.3 is 33.2 Å². The Morgan fingerprint density at radius 2 is 1.08 bits per heavy atom. The molecule has 2 aliphatic carbocycles. The molecule has 61 heavy (non-hydrogen) atoms. The van der Waals surface area contributed by atoms with Gasteiger partial charge in [0.2, 0.25) is 34.8 Å². The van der Waals surface area contributed by atoms with Crippen LogP contribution in [-0.2, 0) is 19.9 Å². The lowest BCUT2D eigenvalue weighted by atomic mass is 9.77. The van der Waals surface area contributed by atoms with Crippen LogP contribution >= 0.6 is 23.2 Å². The molecule has 0 saturated heterocycles. The number of halogens is 7. The summed E-state index contributed by atoms with van der Waals surface area (Å²) in [6.07, 6.45) is 7.64. The molecule has 0 atom stereocenters. The summed E-state index contributed by atoms with van der Waals surface area (Å²) in [5.41, 5.74) is -3.03. The van der Waals surface area contributed by atoms with Crippen LogP contribution in [0, 0.1) is 40.9 Å². The third-order valence-electron chi connectivity index (χ3n) is 11.4. The summed E-state index contributed by atoms with van der Waals surface area (Å²) in [4.78, 5) is 54.1. The Labute approximate surface area is 353 Å². The summed E-state index contributed by atoms with van der Waals surface area (Å²) >= 11 is 14.1. The molecular formula is C43H33Cl2F5O11. The third-order valence-corrected chi connectivity index (χ3v) is 12.1. The fraction of sp³-hybridized carbons (Fsp3) is 0.349. The van der Waals surface area contributed by atoms with E-state index in [4.69, 9.17) is 51.6 Å². The van der Waals surface area contributed by atoms with Gasteiger partial charge in [-0.25, -0.2) is 22.8 Å². The number of esters is 4. The zero-order chi connectivity index (χ0) is 43.5. The van der Waals surface area contributed by atoms with Gasteiger partial charge >= 0.3 is 23.9 Å². The van der Waals surface area contributed by atoms with Crippen molar-refractivity contribution >= 4 is 47.1 Å². The molecule has 4 aromatic rings. The van der Waals surface area contributed by atoms with E-state index in [1.165, 1.54) is 32.4 Å². The van der Waals surface area contributed by atoms with E-state index in [0.717, 1.165) is 50.7 Å². The Hall–Kier alpha value is -5.61. The standard InChI is InChI=1S/C43H33Cl2F5O11/c1-55-25-16-23-34(27(44)36(25)58-39(51)18-9-5-3-6-10-18)57-35-24(17-26(56-2)37(28(35)45)59-40(52)19-11-7-4-8-12-19)43(23)22-14-13-20(15-21(22)42(54)61-43)41(53)60-38-32(49)30(47)29(46)31(48)33(38)50/h13-19H,3-12H2,1-2H3. The van der Waals surface area contributed by atoms with Crippen LogP contribution in [0.5, 0.6) is 40.2 Å². The summed E-state index contributed by atoms with van der Waals surface area (Å²) in [5, 5.41) is -0.604. The van der Waals surface area contributed by atoms with Gasteiger partial charge in [0.05, 0.1) is 48.3 Å². The van der Waals surface area contributed by atoms with Gasteiger partial charge in [0.15, 0.2) is 40.1 Å². The van der Waals surface area contributed by atoms with Crippen molar-refractivity contribution in [1.29, 1.82) is 0 Å². The van der Waals surface area contributed by atoms with Gasteiger partial charge in [-0.3, -0.25) is 9.59 Å². The van der Waals surface area contributed by atoms with E-state index in [9.17, 15) is 41.1 Å². The summed E-state index contributed by atoms with van der Waals surface area (Å²) in [6, 6.07) is 5.90. The average Bonchev–Trinajstić information content (AvgIpc) is 3.57. The fourth-order valence-corrected chi connectivity index (χ4v) is 8.86. The molecule has 0 unspecified atom stereocenters. The molecule has 0 bridgehead atoms. The molecule has 0 radical (unpaired) electrons. The molecule has 0 aromatic heterocycles. The van der Waals surface area contributed by atoms with Crippen molar-refractivity contribution in [3.8, 4) is 40.2 Å². The molecule has 0 amide bonds. The van der Waals surface area contributed by atoms with Crippen LogP contribution in [0.25, 0.3) is 0 Å². The number of ether oxygens (including phenoxy) is 7. The minimum absolute atomic E-state index is 0.00628. The molecule has 4 aromatic carbocycles. The lowest BCUT2D eigenvalue weighted by Crippen LogP contribution is -2.34. The van der Waals surface area contributed by atoms with Gasteiger partial charge in [0.1, 0.15) is 10.0 Å². The van der Waals surface area contributed by atoms with Gasteiger partial charge in [0, 0.05) is 5.56 Å². The number of benzene rings is 4. The van der Waals surface area contributed by atoms with Gasteiger partial charge in [-0.15, -0.1) is 0 Å². The van der Waals surface area contributed by atoms with Crippen molar-refractivity contribution in [2.24, 2.45) is 11.8 Å². The van der Waals surface area contributed by atoms with Crippen LogP contribution in [0.2, 0.25) is 10.0 Å². The molecule has 11 nitrogen and oxygen atoms in total. The van der Waals surface area contributed by atoms with Crippen LogP contribution < -0.4 is 28.4 Å². The first-order valence-electron chi connectivity index (χ1n) is 19.3. The fourth-order valence-electron chi connectivity index (χ4n) is 8.31. The molecule has 2 fully saturated rings. The first-order chi connectivity index (χ1) is 29.2.